The van der Waals surface area contributed by atoms with Gasteiger partial charge in [0, 0.05) is 6.42 Å². The summed E-state index contributed by atoms with van der Waals surface area (Å²) in [5.41, 5.74) is 1.27. The molecule has 16 heavy (non-hydrogen) atoms. The fourth-order valence-electron chi connectivity index (χ4n) is 1.68. The highest BCUT2D eigenvalue weighted by atomic mass is 79.9. The minimum atomic E-state index is 0.442. The lowest BCUT2D eigenvalue weighted by Crippen LogP contribution is -1.98. The molecular formula is C14H17BrO. The summed E-state index contributed by atoms with van der Waals surface area (Å²) < 4.78 is 6.48. The summed E-state index contributed by atoms with van der Waals surface area (Å²) in [6, 6.07) is 6.21. The van der Waals surface area contributed by atoms with Crippen LogP contribution in [-0.2, 0) is 0 Å². The van der Waals surface area contributed by atoms with E-state index in [-0.39, 0.29) is 0 Å². The second kappa shape index (κ2) is 6.60. The molecule has 1 aromatic rings. The summed E-state index contributed by atoms with van der Waals surface area (Å²) in [5.74, 6) is 4.06. The SMILES string of the molecule is C#CCC(CC)c1ccc(OCC)c(Br)c1. The number of rotatable bonds is 5. The first-order chi connectivity index (χ1) is 7.72. The fraction of sp³-hybridized carbons (Fsp3) is 0.429. The van der Waals surface area contributed by atoms with Gasteiger partial charge in [-0.2, -0.15) is 0 Å². The third-order valence-corrected chi connectivity index (χ3v) is 3.20. The maximum absolute atomic E-state index is 5.48. The van der Waals surface area contributed by atoms with Gasteiger partial charge < -0.3 is 4.74 Å². The van der Waals surface area contributed by atoms with Crippen molar-refractivity contribution in [3.05, 3.63) is 28.2 Å². The van der Waals surface area contributed by atoms with Crippen LogP contribution in [0.4, 0.5) is 0 Å². The lowest BCUT2D eigenvalue weighted by Gasteiger charge is -2.14. The van der Waals surface area contributed by atoms with Crippen molar-refractivity contribution in [2.24, 2.45) is 0 Å². The molecule has 1 atom stereocenters. The third-order valence-electron chi connectivity index (χ3n) is 2.58. The number of benzene rings is 1. The van der Waals surface area contributed by atoms with Crippen LogP contribution >= 0.6 is 15.9 Å². The van der Waals surface area contributed by atoms with Crippen LogP contribution in [0.15, 0.2) is 22.7 Å². The van der Waals surface area contributed by atoms with Crippen LogP contribution in [0.25, 0.3) is 0 Å². The van der Waals surface area contributed by atoms with E-state index in [0.29, 0.717) is 12.5 Å². The third kappa shape index (κ3) is 3.28. The molecule has 0 saturated carbocycles. The molecule has 1 rings (SSSR count). The lowest BCUT2D eigenvalue weighted by atomic mass is 9.94. The molecule has 0 aliphatic carbocycles. The van der Waals surface area contributed by atoms with Crippen LogP contribution < -0.4 is 4.74 Å². The number of hydrogen-bond acceptors (Lipinski definition) is 1. The van der Waals surface area contributed by atoms with E-state index in [2.05, 4.69) is 40.9 Å². The molecule has 0 spiro atoms. The highest BCUT2D eigenvalue weighted by Crippen LogP contribution is 2.31. The van der Waals surface area contributed by atoms with E-state index in [9.17, 15) is 0 Å². The van der Waals surface area contributed by atoms with Crippen LogP contribution in [0.5, 0.6) is 5.75 Å². The van der Waals surface area contributed by atoms with Gasteiger partial charge in [0.05, 0.1) is 11.1 Å². The highest BCUT2D eigenvalue weighted by Gasteiger charge is 2.10. The number of terminal acetylenes is 1. The zero-order valence-corrected chi connectivity index (χ0v) is 11.4. The molecule has 0 fully saturated rings. The van der Waals surface area contributed by atoms with Crippen molar-refractivity contribution in [2.75, 3.05) is 6.61 Å². The summed E-state index contributed by atoms with van der Waals surface area (Å²) >= 11 is 3.52. The molecule has 0 radical (unpaired) electrons. The Labute approximate surface area is 106 Å². The average molecular weight is 281 g/mol. The second-order valence-electron chi connectivity index (χ2n) is 3.64. The molecule has 0 aromatic heterocycles. The topological polar surface area (TPSA) is 9.23 Å². The molecule has 0 heterocycles. The van der Waals surface area contributed by atoms with Crippen molar-refractivity contribution < 1.29 is 4.74 Å². The van der Waals surface area contributed by atoms with Crippen LogP contribution in [0, 0.1) is 12.3 Å². The molecule has 86 valence electrons. The van der Waals surface area contributed by atoms with Gasteiger partial charge in [0.2, 0.25) is 0 Å². The minimum absolute atomic E-state index is 0.442. The Morgan fingerprint density at radius 1 is 1.44 bits per heavy atom. The quantitative estimate of drug-likeness (QED) is 0.728. The van der Waals surface area contributed by atoms with Crippen molar-refractivity contribution in [1.29, 1.82) is 0 Å². The lowest BCUT2D eigenvalue weighted by molar-refractivity contribution is 0.338. The Bertz CT molecular complexity index is 379. The maximum atomic E-state index is 5.48. The molecule has 0 aliphatic heterocycles. The standard InChI is InChI=1S/C14H17BrO/c1-4-7-11(5-2)12-8-9-14(16-6-3)13(15)10-12/h1,8-11H,5-7H2,2-3H3. The number of hydrogen-bond donors (Lipinski definition) is 0. The fourth-order valence-corrected chi connectivity index (χ4v) is 2.19. The van der Waals surface area contributed by atoms with Gasteiger partial charge in [-0.15, -0.1) is 12.3 Å². The van der Waals surface area contributed by atoms with E-state index >= 15 is 0 Å². The zero-order chi connectivity index (χ0) is 12.0. The second-order valence-corrected chi connectivity index (χ2v) is 4.49. The first-order valence-electron chi connectivity index (χ1n) is 5.58. The van der Waals surface area contributed by atoms with Gasteiger partial charge in [0.15, 0.2) is 0 Å². The number of ether oxygens (including phenoxy) is 1. The van der Waals surface area contributed by atoms with Crippen LogP contribution in [0.2, 0.25) is 0 Å². The van der Waals surface area contributed by atoms with Gasteiger partial charge in [-0.3, -0.25) is 0 Å². The highest BCUT2D eigenvalue weighted by molar-refractivity contribution is 9.10. The van der Waals surface area contributed by atoms with Gasteiger partial charge in [-0.25, -0.2) is 0 Å². The smallest absolute Gasteiger partial charge is 0.133 e. The van der Waals surface area contributed by atoms with Gasteiger partial charge in [0.25, 0.3) is 0 Å². The van der Waals surface area contributed by atoms with Gasteiger partial charge in [0.1, 0.15) is 5.75 Å². The van der Waals surface area contributed by atoms with Gasteiger partial charge >= 0.3 is 0 Å². The normalized spacial score (nSPS) is 11.9. The molecular weight excluding hydrogens is 264 g/mol. The Morgan fingerprint density at radius 2 is 2.19 bits per heavy atom. The van der Waals surface area contributed by atoms with Crippen molar-refractivity contribution in [2.45, 2.75) is 32.6 Å². The summed E-state index contributed by atoms with van der Waals surface area (Å²) in [4.78, 5) is 0. The summed E-state index contributed by atoms with van der Waals surface area (Å²) in [6.07, 6.45) is 7.22. The van der Waals surface area contributed by atoms with Crippen LogP contribution in [-0.4, -0.2) is 6.61 Å². The molecule has 0 N–H and O–H groups in total. The molecule has 1 unspecified atom stereocenters. The molecule has 1 aromatic carbocycles. The van der Waals surface area contributed by atoms with Crippen molar-refractivity contribution in [3.63, 3.8) is 0 Å². The largest absolute Gasteiger partial charge is 0.493 e. The first kappa shape index (κ1) is 13.1. The van der Waals surface area contributed by atoms with Crippen molar-refractivity contribution >= 4 is 15.9 Å². The Hall–Kier alpha value is -0.940. The maximum Gasteiger partial charge on any atom is 0.133 e. The number of halogens is 1. The average Bonchev–Trinajstić information content (AvgIpc) is 2.29. The Kier molecular flexibility index (Phi) is 5.42. The van der Waals surface area contributed by atoms with E-state index < -0.39 is 0 Å². The first-order valence-corrected chi connectivity index (χ1v) is 6.37. The van der Waals surface area contributed by atoms with E-state index in [4.69, 9.17) is 11.2 Å². The van der Waals surface area contributed by atoms with Crippen LogP contribution in [0.3, 0.4) is 0 Å². The summed E-state index contributed by atoms with van der Waals surface area (Å²) in [7, 11) is 0. The van der Waals surface area contributed by atoms with Crippen molar-refractivity contribution in [1.82, 2.24) is 0 Å². The van der Waals surface area contributed by atoms with Gasteiger partial charge in [-0.1, -0.05) is 13.0 Å². The van der Waals surface area contributed by atoms with Gasteiger partial charge in [-0.05, 0) is 52.9 Å². The van der Waals surface area contributed by atoms with Crippen molar-refractivity contribution in [3.8, 4) is 18.1 Å². The molecule has 0 aliphatic rings. The summed E-state index contributed by atoms with van der Waals surface area (Å²) in [6.45, 7) is 4.82. The van der Waals surface area contributed by atoms with E-state index in [0.717, 1.165) is 23.1 Å². The van der Waals surface area contributed by atoms with E-state index in [1.54, 1.807) is 0 Å². The Morgan fingerprint density at radius 3 is 2.69 bits per heavy atom. The molecule has 1 nitrogen and oxygen atoms in total. The van der Waals surface area contributed by atoms with E-state index in [1.807, 2.05) is 13.0 Å². The predicted octanol–water partition coefficient (Wildman–Crippen LogP) is 4.36. The van der Waals surface area contributed by atoms with Crippen LogP contribution in [0.1, 0.15) is 38.2 Å². The Balaban J connectivity index is 2.91. The predicted molar refractivity (Wildman–Crippen MR) is 71.8 cm³/mol. The molecule has 2 heteroatoms. The molecule has 0 bridgehead atoms. The molecule has 0 amide bonds. The minimum Gasteiger partial charge on any atom is -0.493 e. The molecule has 0 saturated heterocycles. The zero-order valence-electron chi connectivity index (χ0n) is 9.79. The summed E-state index contributed by atoms with van der Waals surface area (Å²) in [5, 5.41) is 0. The monoisotopic (exact) mass is 280 g/mol. The van der Waals surface area contributed by atoms with E-state index in [1.165, 1.54) is 5.56 Å².